The highest BCUT2D eigenvalue weighted by molar-refractivity contribution is 7.89. The molecule has 142 valence electrons. The Morgan fingerprint density at radius 2 is 2.00 bits per heavy atom. The number of esters is 1. The number of amides is 1. The van der Waals surface area contributed by atoms with E-state index in [0.717, 1.165) is 0 Å². The molecule has 11 heteroatoms. The Bertz CT molecular complexity index is 1020. The van der Waals surface area contributed by atoms with Crippen molar-refractivity contribution in [3.05, 3.63) is 47.0 Å². The molecule has 3 rings (SSSR count). The van der Waals surface area contributed by atoms with Crippen LogP contribution in [0.4, 0.5) is 5.69 Å². The van der Waals surface area contributed by atoms with E-state index in [4.69, 9.17) is 31.0 Å². The Balaban J connectivity index is 1.61. The molecule has 9 nitrogen and oxygen atoms in total. The predicted molar refractivity (Wildman–Crippen MR) is 94.3 cm³/mol. The van der Waals surface area contributed by atoms with Crippen LogP contribution in [0.15, 0.2) is 41.3 Å². The molecule has 0 aliphatic carbocycles. The summed E-state index contributed by atoms with van der Waals surface area (Å²) in [6, 6.07) is 8.08. The monoisotopic (exact) mass is 412 g/mol. The largest absolute Gasteiger partial charge is 0.454 e. The molecule has 0 saturated heterocycles. The average Bonchev–Trinajstić information content (AvgIpc) is 3.08. The number of nitrogens with one attached hydrogen (secondary N) is 1. The highest BCUT2D eigenvalue weighted by Gasteiger charge is 2.21. The molecule has 0 bridgehead atoms. The van der Waals surface area contributed by atoms with Crippen LogP contribution in [-0.4, -0.2) is 33.7 Å². The van der Waals surface area contributed by atoms with Gasteiger partial charge in [-0.15, -0.1) is 0 Å². The maximum absolute atomic E-state index is 12.1. The summed E-state index contributed by atoms with van der Waals surface area (Å²) in [5.41, 5.74) is 0.280. The summed E-state index contributed by atoms with van der Waals surface area (Å²) in [5, 5.41) is 7.62. The number of halogens is 1. The van der Waals surface area contributed by atoms with Crippen molar-refractivity contribution in [2.75, 3.05) is 18.7 Å². The number of ether oxygens (including phenoxy) is 3. The first-order chi connectivity index (χ1) is 12.7. The van der Waals surface area contributed by atoms with E-state index in [1.54, 1.807) is 0 Å². The molecule has 0 atom stereocenters. The highest BCUT2D eigenvalue weighted by atomic mass is 35.5. The van der Waals surface area contributed by atoms with E-state index in [1.807, 2.05) is 0 Å². The second-order valence-corrected chi connectivity index (χ2v) is 7.36. The third-order valence-electron chi connectivity index (χ3n) is 3.44. The van der Waals surface area contributed by atoms with Gasteiger partial charge in [-0.05, 0) is 30.3 Å². The number of rotatable bonds is 5. The Labute approximate surface area is 159 Å². The molecular formula is C16H13ClN2O7S. The molecule has 0 fully saturated rings. The molecule has 0 saturated carbocycles. The molecule has 0 radical (unpaired) electrons. The molecule has 1 aliphatic rings. The number of primary sulfonamides is 1. The average molecular weight is 413 g/mol. The molecular weight excluding hydrogens is 400 g/mol. The Morgan fingerprint density at radius 1 is 1.22 bits per heavy atom. The summed E-state index contributed by atoms with van der Waals surface area (Å²) >= 11 is 5.99. The van der Waals surface area contributed by atoms with Crippen LogP contribution in [0.2, 0.25) is 5.02 Å². The van der Waals surface area contributed by atoms with Gasteiger partial charge in [-0.1, -0.05) is 17.7 Å². The van der Waals surface area contributed by atoms with Crippen molar-refractivity contribution in [1.29, 1.82) is 0 Å². The van der Waals surface area contributed by atoms with Crippen molar-refractivity contribution in [1.82, 2.24) is 0 Å². The first-order valence-electron chi connectivity index (χ1n) is 7.43. The lowest BCUT2D eigenvalue weighted by Crippen LogP contribution is -2.21. The smallest absolute Gasteiger partial charge is 0.338 e. The van der Waals surface area contributed by atoms with E-state index >= 15 is 0 Å². The minimum Gasteiger partial charge on any atom is -0.454 e. The van der Waals surface area contributed by atoms with E-state index in [-0.39, 0.29) is 28.0 Å². The number of sulfonamides is 1. The summed E-state index contributed by atoms with van der Waals surface area (Å²) in [7, 11) is -3.90. The van der Waals surface area contributed by atoms with E-state index in [2.05, 4.69) is 5.32 Å². The summed E-state index contributed by atoms with van der Waals surface area (Å²) in [6.45, 7) is -0.599. The lowest BCUT2D eigenvalue weighted by Gasteiger charge is -2.08. The van der Waals surface area contributed by atoms with Crippen LogP contribution in [-0.2, 0) is 19.6 Å². The second-order valence-electron chi connectivity index (χ2n) is 5.39. The molecule has 2 aromatic carbocycles. The van der Waals surface area contributed by atoms with Crippen molar-refractivity contribution >= 4 is 39.2 Å². The van der Waals surface area contributed by atoms with Gasteiger partial charge in [0, 0.05) is 5.69 Å². The quantitative estimate of drug-likeness (QED) is 0.711. The first-order valence-corrected chi connectivity index (χ1v) is 9.35. The Kier molecular flexibility index (Phi) is 5.22. The van der Waals surface area contributed by atoms with Crippen molar-refractivity contribution in [3.63, 3.8) is 0 Å². The molecule has 2 aromatic rings. The van der Waals surface area contributed by atoms with Crippen LogP contribution >= 0.6 is 11.6 Å². The van der Waals surface area contributed by atoms with Gasteiger partial charge in [0.25, 0.3) is 5.91 Å². The van der Waals surface area contributed by atoms with Gasteiger partial charge in [-0.3, -0.25) is 4.79 Å². The zero-order chi connectivity index (χ0) is 19.6. The van der Waals surface area contributed by atoms with Crippen molar-refractivity contribution in [2.24, 2.45) is 5.14 Å². The van der Waals surface area contributed by atoms with Gasteiger partial charge in [0.15, 0.2) is 18.1 Å². The fourth-order valence-electron chi connectivity index (χ4n) is 2.25. The van der Waals surface area contributed by atoms with Crippen LogP contribution in [0.5, 0.6) is 11.5 Å². The number of fused-ring (bicyclic) bond motifs is 1. The SMILES string of the molecule is NS(=O)(=O)c1cccc(NC(=O)COC(=O)c2cc(Cl)c3c(c2)OCO3)c1. The van der Waals surface area contributed by atoms with Crippen LogP contribution < -0.4 is 19.9 Å². The predicted octanol–water partition coefficient (Wildman–Crippen LogP) is 1.51. The van der Waals surface area contributed by atoms with Gasteiger partial charge < -0.3 is 19.5 Å². The Hall–Kier alpha value is -2.82. The second kappa shape index (κ2) is 7.43. The molecule has 0 unspecified atom stereocenters. The number of hydrogen-bond donors (Lipinski definition) is 2. The van der Waals surface area contributed by atoms with Crippen molar-refractivity contribution in [2.45, 2.75) is 4.90 Å². The number of benzene rings is 2. The lowest BCUT2D eigenvalue weighted by atomic mass is 10.2. The number of nitrogens with two attached hydrogens (primary N) is 1. The number of hydrogen-bond acceptors (Lipinski definition) is 7. The standard InChI is InChI=1S/C16H13ClN2O7S/c17-12-4-9(5-13-15(12)26-8-25-13)16(21)24-7-14(20)19-10-2-1-3-11(6-10)27(18,22)23/h1-6H,7-8H2,(H,19,20)(H2,18,22,23). The van der Waals surface area contributed by atoms with E-state index in [9.17, 15) is 18.0 Å². The fraction of sp³-hybridized carbons (Fsp3) is 0.125. The first kappa shape index (κ1) is 19.0. The maximum atomic E-state index is 12.1. The summed E-state index contributed by atoms with van der Waals surface area (Å²) in [6.07, 6.45) is 0. The molecule has 27 heavy (non-hydrogen) atoms. The van der Waals surface area contributed by atoms with Crippen molar-refractivity contribution in [3.8, 4) is 11.5 Å². The lowest BCUT2D eigenvalue weighted by molar-refractivity contribution is -0.119. The van der Waals surface area contributed by atoms with Crippen LogP contribution in [0.3, 0.4) is 0 Å². The fourth-order valence-corrected chi connectivity index (χ4v) is 3.07. The minimum absolute atomic E-state index is 0.00640. The minimum atomic E-state index is -3.90. The molecule has 0 aromatic heterocycles. The molecule has 1 heterocycles. The molecule has 3 N–H and O–H groups in total. The summed E-state index contributed by atoms with van der Waals surface area (Å²) in [4.78, 5) is 23.8. The van der Waals surface area contributed by atoms with Crippen LogP contribution in [0.1, 0.15) is 10.4 Å². The van der Waals surface area contributed by atoms with Gasteiger partial charge >= 0.3 is 5.97 Å². The van der Waals surface area contributed by atoms with Gasteiger partial charge in [0.1, 0.15) is 0 Å². The molecule has 1 aliphatic heterocycles. The van der Waals surface area contributed by atoms with Gasteiger partial charge in [-0.2, -0.15) is 0 Å². The summed E-state index contributed by atoms with van der Waals surface area (Å²) in [5.74, 6) is -0.815. The van der Waals surface area contributed by atoms with Gasteiger partial charge in [0.2, 0.25) is 16.8 Å². The van der Waals surface area contributed by atoms with Gasteiger partial charge in [0.05, 0.1) is 15.5 Å². The number of anilines is 1. The maximum Gasteiger partial charge on any atom is 0.338 e. The number of carbonyl (C=O) groups excluding carboxylic acids is 2. The van der Waals surface area contributed by atoms with E-state index in [0.29, 0.717) is 11.5 Å². The van der Waals surface area contributed by atoms with Gasteiger partial charge in [-0.25, -0.2) is 18.4 Å². The normalized spacial score (nSPS) is 12.5. The van der Waals surface area contributed by atoms with E-state index < -0.39 is 28.5 Å². The zero-order valence-corrected chi connectivity index (χ0v) is 15.2. The highest BCUT2D eigenvalue weighted by Crippen LogP contribution is 2.39. The third kappa shape index (κ3) is 4.48. The Morgan fingerprint density at radius 3 is 2.74 bits per heavy atom. The molecule has 0 spiro atoms. The van der Waals surface area contributed by atoms with E-state index in [1.165, 1.54) is 36.4 Å². The number of carbonyl (C=O) groups is 2. The van der Waals surface area contributed by atoms with Crippen LogP contribution in [0, 0.1) is 0 Å². The summed E-state index contributed by atoms with van der Waals surface area (Å²) < 4.78 is 37.9. The zero-order valence-electron chi connectivity index (χ0n) is 13.6. The molecule has 1 amide bonds. The topological polar surface area (TPSA) is 134 Å². The third-order valence-corrected chi connectivity index (χ3v) is 4.64. The van der Waals surface area contributed by atoms with Crippen LogP contribution in [0.25, 0.3) is 0 Å². The van der Waals surface area contributed by atoms with Crippen molar-refractivity contribution < 1.29 is 32.2 Å².